The smallest absolute Gasteiger partial charge is 0.288 e. The van der Waals surface area contributed by atoms with Gasteiger partial charge in [0.05, 0.1) is 10.5 Å². The van der Waals surface area contributed by atoms with Crippen molar-refractivity contribution in [1.29, 1.82) is 0 Å². The minimum absolute atomic E-state index is 0.0373. The molecule has 1 aromatic rings. The van der Waals surface area contributed by atoms with Crippen molar-refractivity contribution >= 4 is 29.1 Å². The van der Waals surface area contributed by atoms with Gasteiger partial charge in [-0.25, -0.2) is 0 Å². The van der Waals surface area contributed by atoms with Crippen LogP contribution in [0.1, 0.15) is 24.2 Å². The van der Waals surface area contributed by atoms with E-state index in [0.717, 1.165) is 0 Å². The van der Waals surface area contributed by atoms with E-state index in [2.05, 4.69) is 5.32 Å². The van der Waals surface area contributed by atoms with Crippen LogP contribution in [0.15, 0.2) is 18.2 Å². The lowest BCUT2D eigenvalue weighted by molar-refractivity contribution is -0.384. The molecular weight excluding hydrogens is 298 g/mol. The van der Waals surface area contributed by atoms with E-state index in [1.807, 2.05) is 6.92 Å². The van der Waals surface area contributed by atoms with E-state index in [-0.39, 0.29) is 22.2 Å². The molecule has 0 aromatic heterocycles. The van der Waals surface area contributed by atoms with Crippen LogP contribution in [-0.4, -0.2) is 41.3 Å². The molecule has 114 valence electrons. The number of amides is 2. The molecule has 1 atom stereocenters. The van der Waals surface area contributed by atoms with E-state index >= 15 is 0 Å². The number of halogens is 1. The van der Waals surface area contributed by atoms with Gasteiger partial charge in [0.2, 0.25) is 5.91 Å². The van der Waals surface area contributed by atoms with Crippen molar-refractivity contribution in [3.05, 3.63) is 38.9 Å². The van der Waals surface area contributed by atoms with Crippen LogP contribution in [0.25, 0.3) is 0 Å². The SMILES string of the molecule is CCN(C)C(=O)C(C)NC(=O)c1cccc([N+](=O)[O-])c1Cl. The highest BCUT2D eigenvalue weighted by molar-refractivity contribution is 6.35. The van der Waals surface area contributed by atoms with Gasteiger partial charge in [-0.3, -0.25) is 19.7 Å². The Hall–Kier alpha value is -2.15. The highest BCUT2D eigenvalue weighted by Crippen LogP contribution is 2.27. The van der Waals surface area contributed by atoms with Gasteiger partial charge in [-0.15, -0.1) is 0 Å². The van der Waals surface area contributed by atoms with E-state index in [1.165, 1.54) is 30.0 Å². The first-order valence-electron chi connectivity index (χ1n) is 6.28. The highest BCUT2D eigenvalue weighted by atomic mass is 35.5. The summed E-state index contributed by atoms with van der Waals surface area (Å²) in [6.45, 7) is 3.86. The normalized spacial score (nSPS) is 11.6. The van der Waals surface area contributed by atoms with Gasteiger partial charge >= 0.3 is 0 Å². The maximum Gasteiger partial charge on any atom is 0.288 e. The fourth-order valence-corrected chi connectivity index (χ4v) is 1.94. The Morgan fingerprint density at radius 2 is 2.10 bits per heavy atom. The highest BCUT2D eigenvalue weighted by Gasteiger charge is 2.23. The first kappa shape index (κ1) is 16.9. The second-order valence-electron chi connectivity index (χ2n) is 4.44. The van der Waals surface area contributed by atoms with E-state index in [9.17, 15) is 19.7 Å². The summed E-state index contributed by atoms with van der Waals surface area (Å²) in [5, 5.41) is 13.0. The minimum atomic E-state index is -0.752. The second kappa shape index (κ2) is 7.03. The third-order valence-corrected chi connectivity index (χ3v) is 3.39. The molecule has 1 unspecified atom stereocenters. The van der Waals surface area contributed by atoms with Gasteiger partial charge in [-0.1, -0.05) is 17.7 Å². The molecule has 0 bridgehead atoms. The fourth-order valence-electron chi connectivity index (χ4n) is 1.66. The molecule has 0 aliphatic heterocycles. The predicted octanol–water partition coefficient (Wildman–Crippen LogP) is 1.84. The summed E-state index contributed by atoms with van der Waals surface area (Å²) >= 11 is 5.85. The molecule has 21 heavy (non-hydrogen) atoms. The number of rotatable bonds is 5. The molecule has 0 radical (unpaired) electrons. The molecule has 7 nitrogen and oxygen atoms in total. The predicted molar refractivity (Wildman–Crippen MR) is 78.3 cm³/mol. The van der Waals surface area contributed by atoms with E-state index < -0.39 is 16.9 Å². The van der Waals surface area contributed by atoms with Crippen LogP contribution in [-0.2, 0) is 4.79 Å². The number of hydrogen-bond donors (Lipinski definition) is 1. The Balaban J connectivity index is 2.93. The van der Waals surface area contributed by atoms with Gasteiger partial charge in [-0.05, 0) is 19.9 Å². The molecule has 0 aliphatic carbocycles. The molecule has 1 aromatic carbocycles. The van der Waals surface area contributed by atoms with Crippen LogP contribution in [0.3, 0.4) is 0 Å². The molecule has 0 fully saturated rings. The van der Waals surface area contributed by atoms with Crippen molar-refractivity contribution in [2.24, 2.45) is 0 Å². The van der Waals surface area contributed by atoms with Crippen LogP contribution in [0.5, 0.6) is 0 Å². The topological polar surface area (TPSA) is 92.6 Å². The fraction of sp³-hybridized carbons (Fsp3) is 0.385. The maximum atomic E-state index is 12.1. The number of hydrogen-bond acceptors (Lipinski definition) is 4. The van der Waals surface area contributed by atoms with Gasteiger partial charge in [-0.2, -0.15) is 0 Å². The summed E-state index contributed by atoms with van der Waals surface area (Å²) in [4.78, 5) is 35.5. The summed E-state index contributed by atoms with van der Waals surface area (Å²) in [5.74, 6) is -0.888. The summed E-state index contributed by atoms with van der Waals surface area (Å²) < 4.78 is 0. The third-order valence-electron chi connectivity index (χ3n) is 2.99. The van der Waals surface area contributed by atoms with Crippen LogP contribution in [0.4, 0.5) is 5.69 Å². The molecule has 8 heteroatoms. The van der Waals surface area contributed by atoms with Crippen LogP contribution in [0.2, 0.25) is 5.02 Å². The summed E-state index contributed by atoms with van der Waals surface area (Å²) in [6.07, 6.45) is 0. The summed E-state index contributed by atoms with van der Waals surface area (Å²) in [7, 11) is 1.62. The molecule has 0 saturated carbocycles. The van der Waals surface area contributed by atoms with Gasteiger partial charge < -0.3 is 10.2 Å². The average Bonchev–Trinajstić information content (AvgIpc) is 2.45. The first-order valence-corrected chi connectivity index (χ1v) is 6.66. The van der Waals surface area contributed by atoms with Crippen LogP contribution in [0, 0.1) is 10.1 Å². The zero-order valence-electron chi connectivity index (χ0n) is 11.9. The molecular formula is C13H16ClN3O4. The summed E-state index contributed by atoms with van der Waals surface area (Å²) in [6, 6.07) is 3.19. The van der Waals surface area contributed by atoms with Crippen LogP contribution < -0.4 is 5.32 Å². The quantitative estimate of drug-likeness (QED) is 0.663. The van der Waals surface area contributed by atoms with Gasteiger partial charge in [0.25, 0.3) is 11.6 Å². The number of likely N-dealkylation sites (N-methyl/N-ethyl adjacent to an activating group) is 1. The van der Waals surface area contributed by atoms with Crippen molar-refractivity contribution in [3.63, 3.8) is 0 Å². The lowest BCUT2D eigenvalue weighted by Crippen LogP contribution is -2.45. The zero-order chi connectivity index (χ0) is 16.2. The molecule has 2 amide bonds. The molecule has 0 heterocycles. The number of carbonyl (C=O) groups is 2. The Morgan fingerprint density at radius 3 is 2.62 bits per heavy atom. The Labute approximate surface area is 127 Å². The molecule has 1 N–H and O–H groups in total. The molecule has 0 saturated heterocycles. The Kier molecular flexibility index (Phi) is 5.66. The van der Waals surface area contributed by atoms with Crippen molar-refractivity contribution < 1.29 is 14.5 Å². The number of nitrogens with zero attached hydrogens (tertiary/aromatic N) is 2. The summed E-state index contributed by atoms with van der Waals surface area (Å²) in [5.41, 5.74) is -0.390. The Bertz CT molecular complexity index is 577. The largest absolute Gasteiger partial charge is 0.344 e. The third kappa shape index (κ3) is 3.91. The van der Waals surface area contributed by atoms with E-state index in [1.54, 1.807) is 7.05 Å². The molecule has 0 aliphatic rings. The standard InChI is InChI=1S/C13H16ClN3O4/c1-4-16(3)13(19)8(2)15-12(18)9-6-5-7-10(11(9)14)17(20)21/h5-8H,4H2,1-3H3,(H,15,18). The Morgan fingerprint density at radius 1 is 1.48 bits per heavy atom. The van der Waals surface area contributed by atoms with E-state index in [4.69, 9.17) is 11.6 Å². The lowest BCUT2D eigenvalue weighted by Gasteiger charge is -2.20. The number of benzene rings is 1. The zero-order valence-corrected chi connectivity index (χ0v) is 12.7. The maximum absolute atomic E-state index is 12.1. The number of carbonyl (C=O) groups excluding carboxylic acids is 2. The van der Waals surface area contributed by atoms with Gasteiger partial charge in [0, 0.05) is 19.7 Å². The van der Waals surface area contributed by atoms with Gasteiger partial charge in [0.15, 0.2) is 0 Å². The monoisotopic (exact) mass is 313 g/mol. The average molecular weight is 314 g/mol. The minimum Gasteiger partial charge on any atom is -0.344 e. The lowest BCUT2D eigenvalue weighted by atomic mass is 10.1. The van der Waals surface area contributed by atoms with Crippen molar-refractivity contribution in [2.75, 3.05) is 13.6 Å². The number of nitrogens with one attached hydrogen (secondary N) is 1. The first-order chi connectivity index (χ1) is 9.79. The van der Waals surface area contributed by atoms with Crippen LogP contribution >= 0.6 is 11.6 Å². The van der Waals surface area contributed by atoms with Crippen molar-refractivity contribution in [1.82, 2.24) is 10.2 Å². The number of nitro groups is 1. The van der Waals surface area contributed by atoms with Crippen molar-refractivity contribution in [3.8, 4) is 0 Å². The molecule has 0 spiro atoms. The number of nitro benzene ring substituents is 1. The van der Waals surface area contributed by atoms with E-state index in [0.29, 0.717) is 6.54 Å². The van der Waals surface area contributed by atoms with Gasteiger partial charge in [0.1, 0.15) is 11.1 Å². The molecule has 1 rings (SSSR count). The second-order valence-corrected chi connectivity index (χ2v) is 4.82. The van der Waals surface area contributed by atoms with Crippen molar-refractivity contribution in [2.45, 2.75) is 19.9 Å².